The SMILES string of the molecule is CS(=O)(=O)c1ccc(C(=Cc2ccco2)C(=O)Nc2nccs2)cc1. The van der Waals surface area contributed by atoms with E-state index in [1.807, 2.05) is 0 Å². The number of aromatic nitrogens is 1. The zero-order valence-corrected chi connectivity index (χ0v) is 14.8. The number of furan rings is 1. The van der Waals surface area contributed by atoms with Crippen LogP contribution in [0.15, 0.2) is 63.6 Å². The monoisotopic (exact) mass is 374 g/mol. The second-order valence-corrected chi connectivity index (χ2v) is 8.07. The molecule has 0 saturated heterocycles. The Balaban J connectivity index is 1.98. The van der Waals surface area contributed by atoms with Crippen LogP contribution in [0, 0.1) is 0 Å². The van der Waals surface area contributed by atoms with Gasteiger partial charge in [0.15, 0.2) is 15.0 Å². The molecule has 8 heteroatoms. The second-order valence-electron chi connectivity index (χ2n) is 5.16. The number of rotatable bonds is 5. The Morgan fingerprint density at radius 2 is 2.00 bits per heavy atom. The summed E-state index contributed by atoms with van der Waals surface area (Å²) in [6.07, 6.45) is 5.83. The Labute approximate surface area is 148 Å². The summed E-state index contributed by atoms with van der Waals surface area (Å²) in [6.45, 7) is 0. The molecule has 0 fully saturated rings. The molecule has 0 bridgehead atoms. The first-order valence-electron chi connectivity index (χ1n) is 7.20. The minimum atomic E-state index is -3.30. The van der Waals surface area contributed by atoms with Crippen molar-refractivity contribution in [2.24, 2.45) is 0 Å². The zero-order chi connectivity index (χ0) is 17.9. The van der Waals surface area contributed by atoms with Gasteiger partial charge in [-0.2, -0.15) is 0 Å². The number of anilines is 1. The maximum atomic E-state index is 12.6. The Bertz CT molecular complexity index is 988. The molecule has 0 saturated carbocycles. The predicted octanol–water partition coefficient (Wildman–Crippen LogP) is 3.32. The number of thiazole rings is 1. The Morgan fingerprint density at radius 3 is 2.56 bits per heavy atom. The van der Waals surface area contributed by atoms with Gasteiger partial charge in [0.25, 0.3) is 5.91 Å². The normalized spacial score (nSPS) is 12.1. The van der Waals surface area contributed by atoms with E-state index in [0.717, 1.165) is 6.26 Å². The van der Waals surface area contributed by atoms with Crippen molar-refractivity contribution in [3.63, 3.8) is 0 Å². The molecule has 0 radical (unpaired) electrons. The number of nitrogens with one attached hydrogen (secondary N) is 1. The lowest BCUT2D eigenvalue weighted by Gasteiger charge is -2.08. The molecule has 0 unspecified atom stereocenters. The number of nitrogens with zero attached hydrogens (tertiary/aromatic N) is 1. The largest absolute Gasteiger partial charge is 0.465 e. The molecule has 1 amide bonds. The standard InChI is InChI=1S/C17H14N2O4S2/c1-25(21,22)14-6-4-12(5-7-14)15(11-13-3-2-9-23-13)16(20)19-17-18-8-10-24-17/h2-11H,1H3,(H,18,19,20). The van der Waals surface area contributed by atoms with E-state index in [9.17, 15) is 13.2 Å². The highest BCUT2D eigenvalue weighted by molar-refractivity contribution is 7.90. The van der Waals surface area contributed by atoms with Crippen molar-refractivity contribution >= 4 is 43.9 Å². The number of benzene rings is 1. The molecule has 25 heavy (non-hydrogen) atoms. The number of amides is 1. The number of carbonyl (C=O) groups is 1. The van der Waals surface area contributed by atoms with E-state index < -0.39 is 9.84 Å². The molecule has 0 spiro atoms. The van der Waals surface area contributed by atoms with Gasteiger partial charge in [-0.15, -0.1) is 11.3 Å². The van der Waals surface area contributed by atoms with Crippen LogP contribution in [0.2, 0.25) is 0 Å². The van der Waals surface area contributed by atoms with Crippen molar-refractivity contribution < 1.29 is 17.6 Å². The van der Waals surface area contributed by atoms with Crippen molar-refractivity contribution in [3.8, 4) is 0 Å². The second kappa shape index (κ2) is 7.04. The summed E-state index contributed by atoms with van der Waals surface area (Å²) in [5, 5.41) is 4.95. The fourth-order valence-electron chi connectivity index (χ4n) is 2.13. The van der Waals surface area contributed by atoms with Crippen molar-refractivity contribution in [1.29, 1.82) is 0 Å². The molecular formula is C17H14N2O4S2. The third-order valence-corrected chi connectivity index (χ3v) is 5.14. The van der Waals surface area contributed by atoms with Gasteiger partial charge in [-0.25, -0.2) is 13.4 Å². The Morgan fingerprint density at radius 1 is 1.24 bits per heavy atom. The van der Waals surface area contributed by atoms with Crippen LogP contribution >= 0.6 is 11.3 Å². The smallest absolute Gasteiger partial charge is 0.258 e. The Hall–Kier alpha value is -2.71. The first-order chi connectivity index (χ1) is 11.9. The van der Waals surface area contributed by atoms with E-state index in [0.29, 0.717) is 22.0 Å². The van der Waals surface area contributed by atoms with Gasteiger partial charge < -0.3 is 4.42 Å². The summed E-state index contributed by atoms with van der Waals surface area (Å²) in [4.78, 5) is 16.9. The molecule has 0 atom stereocenters. The van der Waals surface area contributed by atoms with Crippen LogP contribution in [0.4, 0.5) is 5.13 Å². The zero-order valence-electron chi connectivity index (χ0n) is 13.2. The maximum absolute atomic E-state index is 12.6. The molecule has 0 aliphatic rings. The van der Waals surface area contributed by atoms with Crippen LogP contribution in [-0.2, 0) is 14.6 Å². The highest BCUT2D eigenvalue weighted by Crippen LogP contribution is 2.23. The summed E-state index contributed by atoms with van der Waals surface area (Å²) in [5.74, 6) is 0.148. The molecule has 6 nitrogen and oxygen atoms in total. The first kappa shape index (κ1) is 17.1. The predicted molar refractivity (Wildman–Crippen MR) is 96.9 cm³/mol. The van der Waals surface area contributed by atoms with Crippen LogP contribution in [-0.4, -0.2) is 25.6 Å². The lowest BCUT2D eigenvalue weighted by atomic mass is 10.0. The van der Waals surface area contributed by atoms with Gasteiger partial charge in [0.05, 0.1) is 16.7 Å². The minimum absolute atomic E-state index is 0.189. The van der Waals surface area contributed by atoms with Gasteiger partial charge in [0, 0.05) is 17.8 Å². The number of hydrogen-bond acceptors (Lipinski definition) is 6. The van der Waals surface area contributed by atoms with Gasteiger partial charge in [-0.1, -0.05) is 12.1 Å². The summed E-state index contributed by atoms with van der Waals surface area (Å²) in [5.41, 5.74) is 0.906. The van der Waals surface area contributed by atoms with E-state index in [1.165, 1.54) is 29.7 Å². The fraction of sp³-hybridized carbons (Fsp3) is 0.0588. The average molecular weight is 374 g/mol. The molecule has 2 aromatic heterocycles. The highest BCUT2D eigenvalue weighted by Gasteiger charge is 2.16. The number of sulfone groups is 1. The molecule has 0 aliphatic carbocycles. The van der Waals surface area contributed by atoms with Gasteiger partial charge in [0.1, 0.15) is 5.76 Å². The Kier molecular flexibility index (Phi) is 4.82. The van der Waals surface area contributed by atoms with Gasteiger partial charge in [-0.3, -0.25) is 10.1 Å². The molecule has 128 valence electrons. The van der Waals surface area contributed by atoms with Crippen molar-refractivity contribution in [2.75, 3.05) is 11.6 Å². The van der Waals surface area contributed by atoms with Crippen molar-refractivity contribution in [1.82, 2.24) is 4.98 Å². The van der Waals surface area contributed by atoms with Crippen molar-refractivity contribution in [3.05, 3.63) is 65.6 Å². The average Bonchev–Trinajstić information content (AvgIpc) is 3.25. The topological polar surface area (TPSA) is 89.3 Å². The molecular weight excluding hydrogens is 360 g/mol. The van der Waals surface area contributed by atoms with Gasteiger partial charge in [0.2, 0.25) is 0 Å². The van der Waals surface area contributed by atoms with E-state index in [1.54, 1.807) is 41.9 Å². The van der Waals surface area contributed by atoms with E-state index in [2.05, 4.69) is 10.3 Å². The van der Waals surface area contributed by atoms with Gasteiger partial charge in [-0.05, 0) is 35.9 Å². The van der Waals surface area contributed by atoms with Gasteiger partial charge >= 0.3 is 0 Å². The van der Waals surface area contributed by atoms with E-state index >= 15 is 0 Å². The number of hydrogen-bond donors (Lipinski definition) is 1. The molecule has 3 rings (SSSR count). The van der Waals surface area contributed by atoms with Crippen LogP contribution in [0.25, 0.3) is 11.6 Å². The molecule has 3 aromatic rings. The van der Waals surface area contributed by atoms with Crippen LogP contribution in [0.3, 0.4) is 0 Å². The lowest BCUT2D eigenvalue weighted by Crippen LogP contribution is -2.13. The van der Waals surface area contributed by atoms with Crippen molar-refractivity contribution in [2.45, 2.75) is 4.90 Å². The summed E-state index contributed by atoms with van der Waals surface area (Å²) in [7, 11) is -3.30. The summed E-state index contributed by atoms with van der Waals surface area (Å²) >= 11 is 1.30. The molecule has 2 heterocycles. The highest BCUT2D eigenvalue weighted by atomic mass is 32.2. The molecule has 1 N–H and O–H groups in total. The summed E-state index contributed by atoms with van der Waals surface area (Å²) < 4.78 is 28.5. The van der Waals surface area contributed by atoms with E-state index in [-0.39, 0.29) is 10.8 Å². The molecule has 0 aliphatic heterocycles. The van der Waals surface area contributed by atoms with Crippen LogP contribution < -0.4 is 5.32 Å². The lowest BCUT2D eigenvalue weighted by molar-refractivity contribution is -0.111. The third kappa shape index (κ3) is 4.23. The van der Waals surface area contributed by atoms with Crippen LogP contribution in [0.5, 0.6) is 0 Å². The number of carbonyl (C=O) groups excluding carboxylic acids is 1. The maximum Gasteiger partial charge on any atom is 0.258 e. The quantitative estimate of drug-likeness (QED) is 0.692. The fourth-order valence-corrected chi connectivity index (χ4v) is 3.28. The molecule has 1 aromatic carbocycles. The third-order valence-electron chi connectivity index (χ3n) is 3.32. The summed E-state index contributed by atoms with van der Waals surface area (Å²) in [6, 6.07) is 9.56. The van der Waals surface area contributed by atoms with Crippen LogP contribution in [0.1, 0.15) is 11.3 Å². The van der Waals surface area contributed by atoms with E-state index in [4.69, 9.17) is 4.42 Å². The minimum Gasteiger partial charge on any atom is -0.465 e. The first-order valence-corrected chi connectivity index (χ1v) is 9.97.